The van der Waals surface area contributed by atoms with Gasteiger partial charge in [-0.25, -0.2) is 0 Å². The lowest BCUT2D eigenvalue weighted by atomic mass is 10.1. The van der Waals surface area contributed by atoms with Crippen LogP contribution in [0.4, 0.5) is 5.69 Å². The lowest BCUT2D eigenvalue weighted by molar-refractivity contribution is 0.0995. The molecule has 21 heavy (non-hydrogen) atoms. The summed E-state index contributed by atoms with van der Waals surface area (Å²) < 4.78 is 5.54. The Labute approximate surface area is 126 Å². The predicted octanol–water partition coefficient (Wildman–Crippen LogP) is 3.79. The Morgan fingerprint density at radius 2 is 1.67 bits per heavy atom. The number of ether oxygens (including phenoxy) is 1. The number of ketones is 1. The fourth-order valence-electron chi connectivity index (χ4n) is 2.26. The van der Waals surface area contributed by atoms with Crippen LogP contribution in [0, 0.1) is 0 Å². The molecule has 0 unspecified atom stereocenters. The molecule has 0 aliphatic carbocycles. The molecule has 0 aromatic heterocycles. The van der Waals surface area contributed by atoms with Gasteiger partial charge in [-0.3, -0.25) is 4.79 Å². The highest BCUT2D eigenvalue weighted by Gasteiger charge is 2.15. The van der Waals surface area contributed by atoms with Gasteiger partial charge in [0.1, 0.15) is 5.75 Å². The molecule has 0 aliphatic heterocycles. The minimum Gasteiger partial charge on any atom is -0.493 e. The number of carbonyl (C=O) groups is 1. The summed E-state index contributed by atoms with van der Waals surface area (Å²) in [6.07, 6.45) is 0. The van der Waals surface area contributed by atoms with Crippen molar-refractivity contribution in [3.8, 4) is 5.75 Å². The van der Waals surface area contributed by atoms with Crippen LogP contribution in [0.2, 0.25) is 0 Å². The molecule has 3 heteroatoms. The molecule has 0 heterocycles. The van der Waals surface area contributed by atoms with Crippen LogP contribution < -0.4 is 9.64 Å². The number of Topliss-reactive ketones (excluding diaryl/α,β-unsaturated/α-hetero) is 1. The first-order chi connectivity index (χ1) is 10.3. The maximum absolute atomic E-state index is 12.6. The highest BCUT2D eigenvalue weighted by atomic mass is 16.5. The molecule has 0 fully saturated rings. The number of rotatable bonds is 7. The molecule has 0 radical (unpaired) electrons. The third kappa shape index (κ3) is 3.85. The second-order valence-corrected chi connectivity index (χ2v) is 4.70. The van der Waals surface area contributed by atoms with Gasteiger partial charge in [-0.05, 0) is 38.1 Å². The Kier molecular flexibility index (Phi) is 5.38. The van der Waals surface area contributed by atoms with Crippen molar-refractivity contribution in [2.24, 2.45) is 0 Å². The second-order valence-electron chi connectivity index (χ2n) is 4.70. The van der Waals surface area contributed by atoms with Gasteiger partial charge in [0.2, 0.25) is 0 Å². The Hall–Kier alpha value is -2.29. The van der Waals surface area contributed by atoms with Crippen LogP contribution in [0.5, 0.6) is 5.75 Å². The second kappa shape index (κ2) is 7.48. The molecule has 0 aliphatic rings. The van der Waals surface area contributed by atoms with Crippen molar-refractivity contribution >= 4 is 11.5 Å². The quantitative estimate of drug-likeness (QED) is 0.724. The SMILES string of the molecule is CCOc1ccccc1C(=O)CN(CC)c1ccccc1. The Morgan fingerprint density at radius 1 is 1.00 bits per heavy atom. The summed E-state index contributed by atoms with van der Waals surface area (Å²) in [6, 6.07) is 17.4. The molecule has 0 atom stereocenters. The third-order valence-electron chi connectivity index (χ3n) is 3.32. The molecule has 3 nitrogen and oxygen atoms in total. The monoisotopic (exact) mass is 283 g/mol. The van der Waals surface area contributed by atoms with Crippen molar-refractivity contribution in [2.45, 2.75) is 13.8 Å². The van der Waals surface area contributed by atoms with E-state index in [-0.39, 0.29) is 5.78 Å². The molecule has 0 saturated heterocycles. The number of hydrogen-bond acceptors (Lipinski definition) is 3. The number of para-hydroxylation sites is 2. The first kappa shape index (κ1) is 15.1. The standard InChI is InChI=1S/C18H21NO2/c1-3-19(15-10-6-5-7-11-15)14-17(20)16-12-8-9-13-18(16)21-4-2/h5-13H,3-4,14H2,1-2H3. The summed E-state index contributed by atoms with van der Waals surface area (Å²) in [5.74, 6) is 0.735. The molecule has 2 rings (SSSR count). The zero-order valence-electron chi connectivity index (χ0n) is 12.6. The van der Waals surface area contributed by atoms with Crippen molar-refractivity contribution in [1.82, 2.24) is 0 Å². The summed E-state index contributed by atoms with van der Waals surface area (Å²) in [5, 5.41) is 0. The normalized spacial score (nSPS) is 10.2. The van der Waals surface area contributed by atoms with Crippen LogP contribution in [-0.2, 0) is 0 Å². The van der Waals surface area contributed by atoms with Crippen LogP contribution >= 0.6 is 0 Å². The van der Waals surface area contributed by atoms with Gasteiger partial charge in [0, 0.05) is 12.2 Å². The number of hydrogen-bond donors (Lipinski definition) is 0. The summed E-state index contributed by atoms with van der Waals surface area (Å²) in [6.45, 7) is 5.66. The molecule has 0 spiro atoms. The first-order valence-electron chi connectivity index (χ1n) is 7.31. The van der Waals surface area contributed by atoms with E-state index in [4.69, 9.17) is 4.74 Å². The minimum absolute atomic E-state index is 0.0738. The Bertz CT molecular complexity index is 581. The molecular formula is C18H21NO2. The van der Waals surface area contributed by atoms with Crippen molar-refractivity contribution in [3.63, 3.8) is 0 Å². The number of nitrogens with zero attached hydrogens (tertiary/aromatic N) is 1. The van der Waals surface area contributed by atoms with E-state index in [1.54, 1.807) is 0 Å². The molecule has 0 amide bonds. The molecule has 0 saturated carbocycles. The van der Waals surface area contributed by atoms with Gasteiger partial charge in [0.25, 0.3) is 0 Å². The van der Waals surface area contributed by atoms with Gasteiger partial charge >= 0.3 is 0 Å². The molecule has 2 aromatic carbocycles. The first-order valence-corrected chi connectivity index (χ1v) is 7.31. The van der Waals surface area contributed by atoms with E-state index in [9.17, 15) is 4.79 Å². The van der Waals surface area contributed by atoms with Gasteiger partial charge in [-0.1, -0.05) is 30.3 Å². The number of benzene rings is 2. The van der Waals surface area contributed by atoms with Gasteiger partial charge in [0.05, 0.1) is 18.7 Å². The predicted molar refractivity (Wildman–Crippen MR) is 86.3 cm³/mol. The van der Waals surface area contributed by atoms with Crippen LogP contribution in [0.3, 0.4) is 0 Å². The summed E-state index contributed by atoms with van der Waals surface area (Å²) in [7, 11) is 0. The van der Waals surface area contributed by atoms with E-state index in [1.807, 2.05) is 61.5 Å². The van der Waals surface area contributed by atoms with Crippen LogP contribution in [0.25, 0.3) is 0 Å². The van der Waals surface area contributed by atoms with Gasteiger partial charge in [0.15, 0.2) is 5.78 Å². The zero-order chi connectivity index (χ0) is 15.1. The highest BCUT2D eigenvalue weighted by Crippen LogP contribution is 2.20. The average molecular weight is 283 g/mol. The summed E-state index contributed by atoms with van der Waals surface area (Å²) in [4.78, 5) is 14.6. The average Bonchev–Trinajstić information content (AvgIpc) is 2.54. The third-order valence-corrected chi connectivity index (χ3v) is 3.32. The maximum atomic E-state index is 12.6. The fraction of sp³-hybridized carbons (Fsp3) is 0.278. The minimum atomic E-state index is 0.0738. The Morgan fingerprint density at radius 3 is 2.33 bits per heavy atom. The van der Waals surface area contributed by atoms with E-state index in [0.29, 0.717) is 24.5 Å². The molecular weight excluding hydrogens is 262 g/mol. The van der Waals surface area contributed by atoms with Crippen molar-refractivity contribution in [1.29, 1.82) is 0 Å². The number of carbonyl (C=O) groups excluding carboxylic acids is 1. The van der Waals surface area contributed by atoms with Gasteiger partial charge < -0.3 is 9.64 Å². The molecule has 110 valence electrons. The maximum Gasteiger partial charge on any atom is 0.185 e. The largest absolute Gasteiger partial charge is 0.493 e. The van der Waals surface area contributed by atoms with Gasteiger partial charge in [-0.2, -0.15) is 0 Å². The topological polar surface area (TPSA) is 29.5 Å². The lowest BCUT2D eigenvalue weighted by Gasteiger charge is -2.22. The van der Waals surface area contributed by atoms with Crippen LogP contribution in [0.15, 0.2) is 54.6 Å². The van der Waals surface area contributed by atoms with Crippen molar-refractivity contribution < 1.29 is 9.53 Å². The summed E-state index contributed by atoms with van der Waals surface area (Å²) in [5.41, 5.74) is 1.70. The fourth-order valence-corrected chi connectivity index (χ4v) is 2.26. The molecule has 2 aromatic rings. The van der Waals surface area contributed by atoms with E-state index in [0.717, 1.165) is 12.2 Å². The van der Waals surface area contributed by atoms with Crippen LogP contribution in [0.1, 0.15) is 24.2 Å². The van der Waals surface area contributed by atoms with E-state index in [1.165, 1.54) is 0 Å². The van der Waals surface area contributed by atoms with E-state index in [2.05, 4.69) is 11.8 Å². The van der Waals surface area contributed by atoms with Crippen LogP contribution in [-0.4, -0.2) is 25.5 Å². The lowest BCUT2D eigenvalue weighted by Crippen LogP contribution is -2.29. The van der Waals surface area contributed by atoms with Gasteiger partial charge in [-0.15, -0.1) is 0 Å². The molecule has 0 bridgehead atoms. The number of anilines is 1. The zero-order valence-corrected chi connectivity index (χ0v) is 12.6. The summed E-state index contributed by atoms with van der Waals surface area (Å²) >= 11 is 0. The smallest absolute Gasteiger partial charge is 0.185 e. The highest BCUT2D eigenvalue weighted by molar-refractivity contribution is 6.01. The molecule has 0 N–H and O–H groups in total. The number of likely N-dealkylation sites (N-methyl/N-ethyl adjacent to an activating group) is 1. The van der Waals surface area contributed by atoms with E-state index >= 15 is 0 Å². The Balaban J connectivity index is 2.17. The van der Waals surface area contributed by atoms with Crippen molar-refractivity contribution in [2.75, 3.05) is 24.6 Å². The van der Waals surface area contributed by atoms with E-state index < -0.39 is 0 Å². The van der Waals surface area contributed by atoms with Crippen molar-refractivity contribution in [3.05, 3.63) is 60.2 Å².